The highest BCUT2D eigenvalue weighted by atomic mass is 15.0. The molecule has 0 fully saturated rings. The van der Waals surface area contributed by atoms with E-state index in [4.69, 9.17) is 4.98 Å². The summed E-state index contributed by atoms with van der Waals surface area (Å²) >= 11 is 0. The predicted octanol–water partition coefficient (Wildman–Crippen LogP) is 7.94. The van der Waals surface area contributed by atoms with Crippen LogP contribution in [0.25, 0.3) is 60.6 Å². The molecule has 2 aliphatic rings. The maximum atomic E-state index is 5.16. The van der Waals surface area contributed by atoms with Crippen molar-refractivity contribution in [2.24, 2.45) is 0 Å². The van der Waals surface area contributed by atoms with Crippen molar-refractivity contribution in [2.45, 2.75) is 12.8 Å². The first-order valence-corrected chi connectivity index (χ1v) is 12.3. The van der Waals surface area contributed by atoms with Gasteiger partial charge in [-0.15, -0.1) is 0 Å². The van der Waals surface area contributed by atoms with Gasteiger partial charge in [-0.25, -0.2) is 4.98 Å². The zero-order valence-electron chi connectivity index (χ0n) is 19.0. The van der Waals surface area contributed by atoms with Crippen LogP contribution in [0.2, 0.25) is 0 Å². The molecular weight excluding hydrogens is 424 g/mol. The van der Waals surface area contributed by atoms with Crippen molar-refractivity contribution in [3.05, 3.63) is 119 Å². The summed E-state index contributed by atoms with van der Waals surface area (Å²) in [5.74, 6) is 0. The van der Waals surface area contributed by atoms with Gasteiger partial charge in [-0.3, -0.25) is 4.40 Å². The van der Waals surface area contributed by atoms with E-state index in [0.29, 0.717) is 0 Å². The molecule has 9 rings (SSSR count). The number of hydrogen-bond donors (Lipinski definition) is 0. The fraction of sp³-hybridized carbons (Fsp3) is 0.0606. The van der Waals surface area contributed by atoms with Gasteiger partial charge in [0.1, 0.15) is 5.65 Å². The van der Waals surface area contributed by atoms with Crippen LogP contribution in [0.3, 0.4) is 0 Å². The van der Waals surface area contributed by atoms with E-state index in [1.54, 1.807) is 0 Å². The molecule has 0 amide bonds. The summed E-state index contributed by atoms with van der Waals surface area (Å²) in [7, 11) is 0. The van der Waals surface area contributed by atoms with E-state index in [9.17, 15) is 0 Å². The Morgan fingerprint density at radius 1 is 0.486 bits per heavy atom. The van der Waals surface area contributed by atoms with Crippen molar-refractivity contribution in [3.8, 4) is 22.3 Å². The number of benzene rings is 5. The van der Waals surface area contributed by atoms with Crippen molar-refractivity contribution >= 4 is 38.4 Å². The van der Waals surface area contributed by atoms with Crippen LogP contribution in [0, 0.1) is 0 Å². The van der Waals surface area contributed by atoms with Gasteiger partial charge in [0.15, 0.2) is 0 Å². The van der Waals surface area contributed by atoms with Gasteiger partial charge in [0.2, 0.25) is 0 Å². The number of para-hydroxylation sites is 2. The molecule has 0 atom stereocenters. The second-order valence-corrected chi connectivity index (χ2v) is 10.0. The average Bonchev–Trinajstić information content (AvgIpc) is 3.57. The molecule has 0 N–H and O–H groups in total. The molecule has 0 saturated heterocycles. The zero-order valence-corrected chi connectivity index (χ0v) is 19.0. The smallest absolute Gasteiger partial charge is 0.146 e. The largest absolute Gasteiger partial charge is 0.292 e. The van der Waals surface area contributed by atoms with Gasteiger partial charge in [-0.1, -0.05) is 60.7 Å². The second kappa shape index (κ2) is 6.17. The molecule has 0 saturated carbocycles. The molecule has 0 aliphatic heterocycles. The fourth-order valence-electron chi connectivity index (χ4n) is 6.61. The van der Waals surface area contributed by atoms with Crippen LogP contribution in [0.1, 0.15) is 22.3 Å². The first kappa shape index (κ1) is 18.0. The highest BCUT2D eigenvalue weighted by Gasteiger charge is 2.24. The van der Waals surface area contributed by atoms with Crippen LogP contribution < -0.4 is 0 Å². The zero-order chi connectivity index (χ0) is 22.7. The molecule has 2 aliphatic carbocycles. The number of imidazole rings is 1. The van der Waals surface area contributed by atoms with Crippen LogP contribution in [0.5, 0.6) is 0 Å². The van der Waals surface area contributed by atoms with Crippen LogP contribution in [-0.2, 0) is 12.8 Å². The highest BCUT2D eigenvalue weighted by molar-refractivity contribution is 6.16. The van der Waals surface area contributed by atoms with Gasteiger partial charge in [0.25, 0.3) is 0 Å². The molecule has 0 spiro atoms. The van der Waals surface area contributed by atoms with E-state index in [1.165, 1.54) is 71.7 Å². The van der Waals surface area contributed by atoms with Gasteiger partial charge in [0, 0.05) is 10.8 Å². The SMILES string of the molecule is c1ccc2c(c1)Cc1cc3c(cc1-2)c1cc2c(cc1n1c4ccccc4nc31)Cc1ccccc1-2. The first-order chi connectivity index (χ1) is 17.3. The van der Waals surface area contributed by atoms with Crippen molar-refractivity contribution in [1.29, 1.82) is 0 Å². The molecule has 7 aromatic rings. The minimum Gasteiger partial charge on any atom is -0.292 e. The van der Waals surface area contributed by atoms with E-state index in [0.717, 1.165) is 24.0 Å². The van der Waals surface area contributed by atoms with Crippen molar-refractivity contribution in [1.82, 2.24) is 9.38 Å². The number of pyridine rings is 1. The van der Waals surface area contributed by atoms with E-state index >= 15 is 0 Å². The van der Waals surface area contributed by atoms with Gasteiger partial charge in [0.05, 0.1) is 16.6 Å². The lowest BCUT2D eigenvalue weighted by atomic mass is 9.95. The molecule has 2 heterocycles. The molecule has 2 nitrogen and oxygen atoms in total. The summed E-state index contributed by atoms with van der Waals surface area (Å²) in [6, 6.07) is 35.9. The third-order valence-electron chi connectivity index (χ3n) is 8.17. The predicted molar refractivity (Wildman–Crippen MR) is 144 cm³/mol. The number of fused-ring (bicyclic) bond motifs is 14. The first-order valence-electron chi connectivity index (χ1n) is 12.3. The van der Waals surface area contributed by atoms with E-state index in [1.807, 2.05) is 0 Å². The van der Waals surface area contributed by atoms with E-state index in [2.05, 4.69) is 101 Å². The van der Waals surface area contributed by atoms with E-state index in [-0.39, 0.29) is 0 Å². The minimum absolute atomic E-state index is 0.990. The lowest BCUT2D eigenvalue weighted by Gasteiger charge is -2.13. The molecule has 2 heteroatoms. The van der Waals surface area contributed by atoms with Crippen molar-refractivity contribution < 1.29 is 0 Å². The van der Waals surface area contributed by atoms with Gasteiger partial charge in [-0.05, 0) is 99.1 Å². The molecule has 5 aromatic carbocycles. The van der Waals surface area contributed by atoms with Crippen LogP contribution in [0.15, 0.2) is 97.1 Å². The monoisotopic (exact) mass is 444 g/mol. The Labute approximate surface area is 202 Å². The van der Waals surface area contributed by atoms with Crippen LogP contribution in [0.4, 0.5) is 0 Å². The molecule has 0 unspecified atom stereocenters. The Morgan fingerprint density at radius 3 is 1.89 bits per heavy atom. The topological polar surface area (TPSA) is 17.3 Å². The second-order valence-electron chi connectivity index (χ2n) is 10.0. The minimum atomic E-state index is 0.990. The Bertz CT molecular complexity index is 2060. The standard InChI is InChI=1S/C33H20N2/c1-3-9-23-19(7-1)13-21-15-29-27(17-25(21)23)28-18-26-22(14-20-8-2-4-10-24(20)26)16-32(28)35-31-12-6-5-11-30(31)34-33(29)35/h1-12,15-18H,13-14H2. The Hall–Kier alpha value is -4.43. The number of rotatable bonds is 0. The summed E-state index contributed by atoms with van der Waals surface area (Å²) in [4.78, 5) is 5.16. The lowest BCUT2D eigenvalue weighted by Crippen LogP contribution is -1.95. The highest BCUT2D eigenvalue weighted by Crippen LogP contribution is 2.45. The normalized spacial score (nSPS) is 13.5. The summed E-state index contributed by atoms with van der Waals surface area (Å²) in [6.07, 6.45) is 1.98. The summed E-state index contributed by atoms with van der Waals surface area (Å²) in [6.45, 7) is 0. The van der Waals surface area contributed by atoms with Crippen molar-refractivity contribution in [3.63, 3.8) is 0 Å². The fourth-order valence-corrected chi connectivity index (χ4v) is 6.61. The molecular formula is C33H20N2. The van der Waals surface area contributed by atoms with Gasteiger partial charge < -0.3 is 0 Å². The number of hydrogen-bond acceptors (Lipinski definition) is 1. The Balaban J connectivity index is 1.50. The van der Waals surface area contributed by atoms with Crippen molar-refractivity contribution in [2.75, 3.05) is 0 Å². The summed E-state index contributed by atoms with van der Waals surface area (Å²) < 4.78 is 2.39. The molecule has 162 valence electrons. The number of aromatic nitrogens is 2. The molecule has 35 heavy (non-hydrogen) atoms. The number of nitrogens with zero attached hydrogens (tertiary/aromatic N) is 2. The molecule has 2 aromatic heterocycles. The van der Waals surface area contributed by atoms with Crippen LogP contribution >= 0.6 is 0 Å². The summed E-state index contributed by atoms with van der Waals surface area (Å²) in [5, 5.41) is 3.84. The lowest BCUT2D eigenvalue weighted by molar-refractivity contribution is 1.25. The quantitative estimate of drug-likeness (QED) is 0.217. The molecule has 0 bridgehead atoms. The summed E-state index contributed by atoms with van der Waals surface area (Å²) in [5.41, 5.74) is 15.7. The van der Waals surface area contributed by atoms with Crippen LogP contribution in [-0.4, -0.2) is 9.38 Å². The maximum absolute atomic E-state index is 5.16. The molecule has 0 radical (unpaired) electrons. The third kappa shape index (κ3) is 2.22. The Kier molecular flexibility index (Phi) is 3.16. The maximum Gasteiger partial charge on any atom is 0.146 e. The average molecular weight is 445 g/mol. The Morgan fingerprint density at radius 2 is 1.11 bits per heavy atom. The third-order valence-corrected chi connectivity index (χ3v) is 8.17. The van der Waals surface area contributed by atoms with Gasteiger partial charge >= 0.3 is 0 Å². The van der Waals surface area contributed by atoms with Gasteiger partial charge in [-0.2, -0.15) is 0 Å². The van der Waals surface area contributed by atoms with E-state index < -0.39 is 0 Å².